The summed E-state index contributed by atoms with van der Waals surface area (Å²) in [6.07, 6.45) is 2.30. The van der Waals surface area contributed by atoms with E-state index in [0.29, 0.717) is 13.0 Å². The third-order valence-electron chi connectivity index (χ3n) is 2.53. The number of benzene rings is 1. The number of aryl methyl sites for hydroxylation is 2. The fourth-order valence-electron chi connectivity index (χ4n) is 1.51. The van der Waals surface area contributed by atoms with Crippen LogP contribution in [0.3, 0.4) is 0 Å². The molecule has 0 aliphatic heterocycles. The van der Waals surface area contributed by atoms with Crippen molar-refractivity contribution in [2.75, 3.05) is 11.9 Å². The molecule has 16 heavy (non-hydrogen) atoms. The minimum atomic E-state index is 0.0714. The smallest absolute Gasteiger partial charge is 0.224 e. The van der Waals surface area contributed by atoms with Crippen molar-refractivity contribution >= 4 is 11.6 Å². The Labute approximate surface area is 97.0 Å². The van der Waals surface area contributed by atoms with E-state index in [1.54, 1.807) is 0 Å². The Morgan fingerprint density at radius 2 is 2.06 bits per heavy atom. The first-order valence-corrected chi connectivity index (χ1v) is 5.70. The predicted octanol–water partition coefficient (Wildman–Crippen LogP) is 2.37. The van der Waals surface area contributed by atoms with Gasteiger partial charge in [-0.3, -0.25) is 4.79 Å². The second-order valence-electron chi connectivity index (χ2n) is 4.11. The summed E-state index contributed by atoms with van der Waals surface area (Å²) in [6, 6.07) is 6.06. The van der Waals surface area contributed by atoms with Crippen molar-refractivity contribution in [3.63, 3.8) is 0 Å². The third-order valence-corrected chi connectivity index (χ3v) is 2.53. The summed E-state index contributed by atoms with van der Waals surface area (Å²) in [7, 11) is 0. The lowest BCUT2D eigenvalue weighted by Crippen LogP contribution is -2.12. The zero-order valence-corrected chi connectivity index (χ0v) is 10.0. The van der Waals surface area contributed by atoms with Gasteiger partial charge in [0.25, 0.3) is 0 Å². The number of anilines is 1. The molecule has 0 unspecified atom stereocenters. The van der Waals surface area contributed by atoms with Crippen LogP contribution >= 0.6 is 0 Å². The van der Waals surface area contributed by atoms with Crippen LogP contribution in [0.2, 0.25) is 0 Å². The van der Waals surface area contributed by atoms with Gasteiger partial charge in [0.1, 0.15) is 0 Å². The van der Waals surface area contributed by atoms with Crippen molar-refractivity contribution in [2.45, 2.75) is 33.1 Å². The van der Waals surface area contributed by atoms with Crippen LogP contribution in [-0.2, 0) is 4.79 Å². The van der Waals surface area contributed by atoms with E-state index in [4.69, 9.17) is 5.73 Å². The molecule has 0 fully saturated rings. The van der Waals surface area contributed by atoms with Crippen LogP contribution in [0.4, 0.5) is 5.69 Å². The molecule has 0 saturated heterocycles. The lowest BCUT2D eigenvalue weighted by Gasteiger charge is -2.09. The zero-order valence-electron chi connectivity index (χ0n) is 10.0. The van der Waals surface area contributed by atoms with Gasteiger partial charge in [0.2, 0.25) is 5.91 Å². The van der Waals surface area contributed by atoms with Crippen molar-refractivity contribution in [3.8, 4) is 0 Å². The van der Waals surface area contributed by atoms with Gasteiger partial charge >= 0.3 is 0 Å². The maximum Gasteiger partial charge on any atom is 0.224 e. The molecule has 0 aromatic heterocycles. The molecule has 1 rings (SSSR count). The van der Waals surface area contributed by atoms with Crippen molar-refractivity contribution in [1.82, 2.24) is 0 Å². The first kappa shape index (κ1) is 12.7. The van der Waals surface area contributed by atoms with Crippen molar-refractivity contribution in [3.05, 3.63) is 29.3 Å². The quantitative estimate of drug-likeness (QED) is 0.748. The van der Waals surface area contributed by atoms with Gasteiger partial charge in [-0.2, -0.15) is 0 Å². The molecule has 0 aliphatic carbocycles. The first-order valence-electron chi connectivity index (χ1n) is 5.70. The lowest BCUT2D eigenvalue weighted by atomic mass is 10.1. The maximum absolute atomic E-state index is 11.6. The SMILES string of the molecule is Cc1ccc(C)c(NC(=O)CCCCN)c1. The molecule has 0 atom stereocenters. The Morgan fingerprint density at radius 1 is 1.31 bits per heavy atom. The Bertz CT molecular complexity index is 361. The molecule has 3 nitrogen and oxygen atoms in total. The van der Waals surface area contributed by atoms with E-state index in [1.165, 1.54) is 0 Å². The van der Waals surface area contributed by atoms with Gasteiger partial charge < -0.3 is 11.1 Å². The molecule has 3 heteroatoms. The van der Waals surface area contributed by atoms with Crippen LogP contribution in [0.25, 0.3) is 0 Å². The largest absolute Gasteiger partial charge is 0.330 e. The highest BCUT2D eigenvalue weighted by Gasteiger charge is 2.04. The van der Waals surface area contributed by atoms with Crippen LogP contribution in [0.5, 0.6) is 0 Å². The van der Waals surface area contributed by atoms with Gasteiger partial charge in [0.15, 0.2) is 0 Å². The van der Waals surface area contributed by atoms with Crippen LogP contribution in [0.15, 0.2) is 18.2 Å². The van der Waals surface area contributed by atoms with E-state index in [2.05, 4.69) is 5.32 Å². The number of unbranched alkanes of at least 4 members (excludes halogenated alkanes) is 1. The molecule has 1 aromatic carbocycles. The second kappa shape index (κ2) is 6.28. The molecule has 0 radical (unpaired) electrons. The second-order valence-corrected chi connectivity index (χ2v) is 4.11. The molecule has 1 aromatic rings. The lowest BCUT2D eigenvalue weighted by molar-refractivity contribution is -0.116. The van der Waals surface area contributed by atoms with E-state index in [0.717, 1.165) is 29.7 Å². The molecule has 0 aliphatic rings. The summed E-state index contributed by atoms with van der Waals surface area (Å²) in [5, 5.41) is 2.93. The number of hydrogen-bond donors (Lipinski definition) is 2. The van der Waals surface area contributed by atoms with Crippen LogP contribution < -0.4 is 11.1 Å². The standard InChI is InChI=1S/C13H20N2O/c1-10-6-7-11(2)12(9-10)15-13(16)5-3-4-8-14/h6-7,9H,3-5,8,14H2,1-2H3,(H,15,16). The summed E-state index contributed by atoms with van der Waals surface area (Å²) >= 11 is 0. The Hall–Kier alpha value is -1.35. The average Bonchev–Trinajstić information content (AvgIpc) is 2.24. The molecular formula is C13H20N2O. The number of hydrogen-bond acceptors (Lipinski definition) is 2. The van der Waals surface area contributed by atoms with E-state index in [9.17, 15) is 4.79 Å². The average molecular weight is 220 g/mol. The minimum absolute atomic E-state index is 0.0714. The highest BCUT2D eigenvalue weighted by Crippen LogP contribution is 2.16. The Balaban J connectivity index is 2.52. The van der Waals surface area contributed by atoms with E-state index in [1.807, 2.05) is 32.0 Å². The van der Waals surface area contributed by atoms with Crippen LogP contribution in [-0.4, -0.2) is 12.5 Å². The van der Waals surface area contributed by atoms with Crippen molar-refractivity contribution < 1.29 is 4.79 Å². The maximum atomic E-state index is 11.6. The first-order chi connectivity index (χ1) is 7.63. The topological polar surface area (TPSA) is 55.1 Å². The molecule has 0 heterocycles. The number of nitrogens with one attached hydrogen (secondary N) is 1. The van der Waals surface area contributed by atoms with Gasteiger partial charge in [-0.1, -0.05) is 12.1 Å². The summed E-state index contributed by atoms with van der Waals surface area (Å²) in [4.78, 5) is 11.6. The molecular weight excluding hydrogens is 200 g/mol. The van der Waals surface area contributed by atoms with Gasteiger partial charge in [0, 0.05) is 12.1 Å². The summed E-state index contributed by atoms with van der Waals surface area (Å²) < 4.78 is 0. The number of amides is 1. The summed E-state index contributed by atoms with van der Waals surface area (Å²) in [5.74, 6) is 0.0714. The van der Waals surface area contributed by atoms with E-state index < -0.39 is 0 Å². The fourth-order valence-corrected chi connectivity index (χ4v) is 1.51. The number of carbonyl (C=O) groups is 1. The van der Waals surface area contributed by atoms with E-state index in [-0.39, 0.29) is 5.91 Å². The van der Waals surface area contributed by atoms with Crippen LogP contribution in [0, 0.1) is 13.8 Å². The number of nitrogens with two attached hydrogens (primary N) is 1. The van der Waals surface area contributed by atoms with E-state index >= 15 is 0 Å². The minimum Gasteiger partial charge on any atom is -0.330 e. The monoisotopic (exact) mass is 220 g/mol. The number of carbonyl (C=O) groups excluding carboxylic acids is 1. The fraction of sp³-hybridized carbons (Fsp3) is 0.462. The van der Waals surface area contributed by atoms with Gasteiger partial charge in [0.05, 0.1) is 0 Å². The van der Waals surface area contributed by atoms with Crippen molar-refractivity contribution in [2.24, 2.45) is 5.73 Å². The predicted molar refractivity (Wildman–Crippen MR) is 67.5 cm³/mol. The summed E-state index contributed by atoms with van der Waals surface area (Å²) in [5.41, 5.74) is 8.54. The van der Waals surface area contributed by atoms with Gasteiger partial charge in [-0.05, 0) is 50.4 Å². The van der Waals surface area contributed by atoms with Crippen LogP contribution in [0.1, 0.15) is 30.4 Å². The summed E-state index contributed by atoms with van der Waals surface area (Å²) in [6.45, 7) is 4.66. The normalized spacial score (nSPS) is 10.2. The third kappa shape index (κ3) is 4.03. The molecule has 0 bridgehead atoms. The number of rotatable bonds is 5. The van der Waals surface area contributed by atoms with Gasteiger partial charge in [-0.25, -0.2) is 0 Å². The molecule has 3 N–H and O–H groups in total. The Kier molecular flexibility index (Phi) is 4.99. The highest BCUT2D eigenvalue weighted by atomic mass is 16.1. The molecule has 1 amide bonds. The van der Waals surface area contributed by atoms with Crippen molar-refractivity contribution in [1.29, 1.82) is 0 Å². The molecule has 0 spiro atoms. The van der Waals surface area contributed by atoms with Gasteiger partial charge in [-0.15, -0.1) is 0 Å². The molecule has 0 saturated carbocycles. The zero-order chi connectivity index (χ0) is 12.0. The highest BCUT2D eigenvalue weighted by molar-refractivity contribution is 5.91. The molecule has 88 valence electrons. The Morgan fingerprint density at radius 3 is 2.75 bits per heavy atom.